The molecule has 1 N–H and O–H groups in total. The number of esters is 1. The van der Waals surface area contributed by atoms with E-state index >= 15 is 0 Å². The lowest BCUT2D eigenvalue weighted by molar-refractivity contribution is -0.387. The number of carbonyl (C=O) groups excluding carboxylic acids is 2. The summed E-state index contributed by atoms with van der Waals surface area (Å²) in [6.45, 7) is 0. The Balaban J connectivity index is 2.92. The normalized spacial score (nSPS) is 11.8. The Hall–Kier alpha value is -2.35. The smallest absolute Gasteiger partial charge is 0.305 e. The average Bonchev–Trinajstić information content (AvgIpc) is 2.47. The number of ether oxygens (including phenoxy) is 1. The van der Waals surface area contributed by atoms with Gasteiger partial charge in [-0.3, -0.25) is 19.7 Å². The van der Waals surface area contributed by atoms with E-state index in [2.05, 4.69) is 10.1 Å². The zero-order valence-corrected chi connectivity index (χ0v) is 11.6. The number of nitrogens with zero attached hydrogens (tertiary/aromatic N) is 1. The van der Waals surface area contributed by atoms with Gasteiger partial charge >= 0.3 is 11.7 Å². The quantitative estimate of drug-likeness (QED) is 0.354. The van der Waals surface area contributed by atoms with Gasteiger partial charge < -0.3 is 10.1 Å². The molecule has 0 bridgehead atoms. The largest absolute Gasteiger partial charge is 0.469 e. The number of Topliss-reactive ketones (excluding diaryl/α,β-unsaturated/α-hetero) is 1. The van der Waals surface area contributed by atoms with Gasteiger partial charge in [0, 0.05) is 18.1 Å². The molecule has 0 aliphatic heterocycles. The number of halogens is 1. The number of rotatable bonds is 7. The van der Waals surface area contributed by atoms with Crippen molar-refractivity contribution in [2.75, 3.05) is 14.2 Å². The molecule has 21 heavy (non-hydrogen) atoms. The summed E-state index contributed by atoms with van der Waals surface area (Å²) in [6.07, 6.45) is 0.199. The van der Waals surface area contributed by atoms with Crippen LogP contribution in [0.5, 0.6) is 0 Å². The van der Waals surface area contributed by atoms with Gasteiger partial charge in [-0.25, -0.2) is 0 Å². The lowest BCUT2D eigenvalue weighted by Crippen LogP contribution is -2.34. The van der Waals surface area contributed by atoms with Crippen molar-refractivity contribution in [1.82, 2.24) is 5.32 Å². The number of nitrogens with one attached hydrogen (secondary N) is 1. The minimum absolute atomic E-state index is 0.00677. The summed E-state index contributed by atoms with van der Waals surface area (Å²) in [5, 5.41) is 13.4. The molecule has 0 aliphatic carbocycles. The highest BCUT2D eigenvalue weighted by Crippen LogP contribution is 2.20. The van der Waals surface area contributed by atoms with E-state index in [1.165, 1.54) is 20.2 Å². The number of methoxy groups -OCH3 is 1. The monoisotopic (exact) mass is 298 g/mol. The van der Waals surface area contributed by atoms with Gasteiger partial charge in [-0.05, 0) is 25.6 Å². The fraction of sp³-hybridized carbons (Fsp3) is 0.385. The predicted molar refractivity (Wildman–Crippen MR) is 71.5 cm³/mol. The van der Waals surface area contributed by atoms with Crippen molar-refractivity contribution < 1.29 is 23.6 Å². The van der Waals surface area contributed by atoms with E-state index in [1.807, 2.05) is 0 Å². The molecule has 114 valence electrons. The molecular weight excluding hydrogens is 283 g/mol. The van der Waals surface area contributed by atoms with Crippen LogP contribution < -0.4 is 5.32 Å². The van der Waals surface area contributed by atoms with Gasteiger partial charge in [-0.1, -0.05) is 0 Å². The molecule has 0 aliphatic rings. The van der Waals surface area contributed by atoms with Crippen molar-refractivity contribution >= 4 is 17.4 Å². The summed E-state index contributed by atoms with van der Waals surface area (Å²) >= 11 is 0. The van der Waals surface area contributed by atoms with Gasteiger partial charge in [0.1, 0.15) is 0 Å². The predicted octanol–water partition coefficient (Wildman–Crippen LogP) is 1.46. The van der Waals surface area contributed by atoms with Crippen molar-refractivity contribution in [2.24, 2.45) is 0 Å². The van der Waals surface area contributed by atoms with Crippen molar-refractivity contribution in [3.05, 3.63) is 39.7 Å². The zero-order valence-electron chi connectivity index (χ0n) is 11.6. The molecule has 1 aromatic carbocycles. The first-order chi connectivity index (χ1) is 9.90. The Labute approximate surface area is 120 Å². The lowest BCUT2D eigenvalue weighted by atomic mass is 10.00. The van der Waals surface area contributed by atoms with E-state index < -0.39 is 34.2 Å². The molecule has 0 saturated heterocycles. The highest BCUT2D eigenvalue weighted by molar-refractivity contribution is 6.00. The second-order valence-electron chi connectivity index (χ2n) is 4.24. The molecule has 0 radical (unpaired) electrons. The number of carbonyl (C=O) groups is 2. The molecule has 1 aromatic rings. The van der Waals surface area contributed by atoms with Crippen LogP contribution in [0.2, 0.25) is 0 Å². The topological polar surface area (TPSA) is 98.5 Å². The van der Waals surface area contributed by atoms with Crippen LogP contribution in [0.4, 0.5) is 10.1 Å². The van der Waals surface area contributed by atoms with Crippen LogP contribution in [0, 0.1) is 15.9 Å². The first kappa shape index (κ1) is 16.7. The van der Waals surface area contributed by atoms with E-state index in [0.717, 1.165) is 12.1 Å². The average molecular weight is 298 g/mol. The Morgan fingerprint density at radius 2 is 2.14 bits per heavy atom. The first-order valence-corrected chi connectivity index (χ1v) is 6.13. The van der Waals surface area contributed by atoms with Gasteiger partial charge in [0.05, 0.1) is 18.1 Å². The molecule has 0 spiro atoms. The van der Waals surface area contributed by atoms with E-state index in [4.69, 9.17) is 0 Å². The number of hydrogen-bond donors (Lipinski definition) is 1. The Kier molecular flexibility index (Phi) is 5.92. The molecule has 1 atom stereocenters. The summed E-state index contributed by atoms with van der Waals surface area (Å²) in [5.41, 5.74) is -0.754. The van der Waals surface area contributed by atoms with Crippen molar-refractivity contribution in [2.45, 2.75) is 18.9 Å². The SMILES string of the molecule is CNC(CCC(=O)OC)C(=O)c1ccc(F)c([N+](=O)[O-])c1. The fourth-order valence-electron chi connectivity index (χ4n) is 1.78. The van der Waals surface area contributed by atoms with Gasteiger partial charge in [0.2, 0.25) is 5.82 Å². The van der Waals surface area contributed by atoms with Gasteiger partial charge in [0.25, 0.3) is 0 Å². The molecule has 0 fully saturated rings. The van der Waals surface area contributed by atoms with Gasteiger partial charge in [0.15, 0.2) is 5.78 Å². The summed E-state index contributed by atoms with van der Waals surface area (Å²) < 4.78 is 17.7. The third kappa shape index (κ3) is 4.32. The van der Waals surface area contributed by atoms with E-state index in [-0.39, 0.29) is 18.4 Å². The van der Waals surface area contributed by atoms with E-state index in [1.54, 1.807) is 0 Å². The second-order valence-corrected chi connectivity index (χ2v) is 4.24. The number of nitro benzene ring substituents is 1. The lowest BCUT2D eigenvalue weighted by Gasteiger charge is -2.14. The van der Waals surface area contributed by atoms with Crippen LogP contribution in [0.25, 0.3) is 0 Å². The second kappa shape index (κ2) is 7.44. The first-order valence-electron chi connectivity index (χ1n) is 6.13. The maximum Gasteiger partial charge on any atom is 0.305 e. The molecule has 0 aromatic heterocycles. The molecule has 7 nitrogen and oxygen atoms in total. The van der Waals surface area contributed by atoms with Gasteiger partial charge in [-0.2, -0.15) is 4.39 Å². The number of likely N-dealkylation sites (N-methyl/N-ethyl adjacent to an activating group) is 1. The molecule has 0 amide bonds. The number of hydrogen-bond acceptors (Lipinski definition) is 6. The number of nitro groups is 1. The Bertz CT molecular complexity index is 561. The third-order valence-electron chi connectivity index (χ3n) is 2.96. The van der Waals surface area contributed by atoms with Crippen molar-refractivity contribution in [1.29, 1.82) is 0 Å². The molecule has 0 heterocycles. The summed E-state index contributed by atoms with van der Waals surface area (Å²) in [5.74, 6) is -1.93. The van der Waals surface area contributed by atoms with Crippen LogP contribution in [-0.2, 0) is 9.53 Å². The highest BCUT2D eigenvalue weighted by atomic mass is 19.1. The maximum atomic E-state index is 13.2. The molecular formula is C13H15FN2O5. The highest BCUT2D eigenvalue weighted by Gasteiger charge is 2.23. The van der Waals surface area contributed by atoms with Crippen LogP contribution in [0.15, 0.2) is 18.2 Å². The Morgan fingerprint density at radius 1 is 1.48 bits per heavy atom. The molecule has 1 rings (SSSR count). The summed E-state index contributed by atoms with van der Waals surface area (Å²) in [4.78, 5) is 33.1. The van der Waals surface area contributed by atoms with Crippen molar-refractivity contribution in [3.8, 4) is 0 Å². The third-order valence-corrected chi connectivity index (χ3v) is 2.96. The minimum atomic E-state index is -1.01. The number of ketones is 1. The van der Waals surface area contributed by atoms with Crippen molar-refractivity contribution in [3.63, 3.8) is 0 Å². The maximum absolute atomic E-state index is 13.2. The molecule has 0 saturated carbocycles. The zero-order chi connectivity index (χ0) is 16.0. The summed E-state index contributed by atoms with van der Waals surface area (Å²) in [7, 11) is 2.76. The fourth-order valence-corrected chi connectivity index (χ4v) is 1.78. The Morgan fingerprint density at radius 3 is 2.67 bits per heavy atom. The van der Waals surface area contributed by atoms with Gasteiger partial charge in [-0.15, -0.1) is 0 Å². The minimum Gasteiger partial charge on any atom is -0.469 e. The van der Waals surface area contributed by atoms with Crippen LogP contribution in [-0.4, -0.2) is 36.9 Å². The summed E-state index contributed by atoms with van der Waals surface area (Å²) in [6, 6.07) is 2.22. The number of benzene rings is 1. The van der Waals surface area contributed by atoms with E-state index in [9.17, 15) is 24.1 Å². The van der Waals surface area contributed by atoms with Crippen LogP contribution >= 0.6 is 0 Å². The van der Waals surface area contributed by atoms with E-state index in [0.29, 0.717) is 0 Å². The standard InChI is InChI=1S/C13H15FN2O5/c1-15-10(5-6-12(17)21-2)13(18)8-3-4-9(14)11(7-8)16(19)20/h3-4,7,10,15H,5-6H2,1-2H3. The van der Waals surface area contributed by atoms with Crippen LogP contribution in [0.3, 0.4) is 0 Å². The molecule has 1 unspecified atom stereocenters. The molecule has 8 heteroatoms. The van der Waals surface area contributed by atoms with Crippen LogP contribution in [0.1, 0.15) is 23.2 Å².